The SMILES string of the molecule is C=C(C)C(=O)C(O)CC[N+](C)(C)C.COS(=O)(=O)[O-]. The van der Waals surface area contributed by atoms with E-state index >= 15 is 0 Å². The molecule has 0 amide bonds. The predicted molar refractivity (Wildman–Crippen MR) is 70.1 cm³/mol. The monoisotopic (exact) mass is 297 g/mol. The Morgan fingerprint density at radius 3 is 2.00 bits per heavy atom. The molecule has 19 heavy (non-hydrogen) atoms. The van der Waals surface area contributed by atoms with Crippen LogP contribution < -0.4 is 0 Å². The maximum Gasteiger partial charge on any atom is 0.217 e. The molecule has 0 saturated heterocycles. The first kappa shape index (κ1) is 20.5. The molecule has 1 atom stereocenters. The molecule has 0 spiro atoms. The lowest BCUT2D eigenvalue weighted by molar-refractivity contribution is -0.870. The molecule has 0 rings (SSSR count). The van der Waals surface area contributed by atoms with Crippen molar-refractivity contribution in [2.75, 3.05) is 34.8 Å². The molecule has 0 fully saturated rings. The zero-order valence-corrected chi connectivity index (χ0v) is 12.9. The van der Waals surface area contributed by atoms with Gasteiger partial charge in [0.15, 0.2) is 5.78 Å². The summed E-state index contributed by atoms with van der Waals surface area (Å²) in [5.41, 5.74) is 0.425. The summed E-state index contributed by atoms with van der Waals surface area (Å²) in [6.07, 6.45) is -0.385. The van der Waals surface area contributed by atoms with Gasteiger partial charge in [-0.1, -0.05) is 6.58 Å². The minimum Gasteiger partial charge on any atom is -0.726 e. The van der Waals surface area contributed by atoms with Gasteiger partial charge in [0.05, 0.1) is 34.8 Å². The van der Waals surface area contributed by atoms with Gasteiger partial charge in [0, 0.05) is 6.42 Å². The highest BCUT2D eigenvalue weighted by Crippen LogP contribution is 2.03. The number of carbonyl (C=O) groups excluding carboxylic acids is 1. The largest absolute Gasteiger partial charge is 0.726 e. The van der Waals surface area contributed by atoms with Crippen LogP contribution >= 0.6 is 0 Å². The molecule has 0 saturated carbocycles. The van der Waals surface area contributed by atoms with Crippen LogP contribution in [0.15, 0.2) is 12.2 Å². The fourth-order valence-electron chi connectivity index (χ4n) is 0.925. The zero-order valence-electron chi connectivity index (χ0n) is 12.0. The third-order valence-corrected chi connectivity index (χ3v) is 2.41. The van der Waals surface area contributed by atoms with Crippen LogP contribution in [0.4, 0.5) is 0 Å². The Balaban J connectivity index is 0. The molecule has 8 heteroatoms. The molecule has 0 bridgehead atoms. The lowest BCUT2D eigenvalue weighted by Crippen LogP contribution is -2.38. The fourth-order valence-corrected chi connectivity index (χ4v) is 0.925. The summed E-state index contributed by atoms with van der Waals surface area (Å²) in [5.74, 6) is -0.242. The van der Waals surface area contributed by atoms with Gasteiger partial charge in [-0.2, -0.15) is 0 Å². The average molecular weight is 297 g/mol. The van der Waals surface area contributed by atoms with Gasteiger partial charge in [-0.15, -0.1) is 0 Å². The van der Waals surface area contributed by atoms with Crippen LogP contribution in [-0.2, 0) is 19.4 Å². The van der Waals surface area contributed by atoms with Crippen molar-refractivity contribution in [1.82, 2.24) is 0 Å². The molecule has 0 heterocycles. The first-order valence-corrected chi connectivity index (χ1v) is 6.83. The first-order chi connectivity index (χ1) is 8.30. The van der Waals surface area contributed by atoms with Gasteiger partial charge < -0.3 is 14.1 Å². The smallest absolute Gasteiger partial charge is 0.217 e. The maximum absolute atomic E-state index is 11.2. The molecule has 1 N–H and O–H groups in total. The molecule has 0 aliphatic carbocycles. The molecular formula is C11H23NO6S. The summed E-state index contributed by atoms with van der Waals surface area (Å²) >= 11 is 0. The van der Waals surface area contributed by atoms with Crippen molar-refractivity contribution in [2.45, 2.75) is 19.4 Å². The molecule has 0 radical (unpaired) electrons. The third-order valence-electron chi connectivity index (χ3n) is 2.00. The molecule has 114 valence electrons. The van der Waals surface area contributed by atoms with E-state index < -0.39 is 16.5 Å². The summed E-state index contributed by atoms with van der Waals surface area (Å²) in [6.45, 7) is 5.91. The van der Waals surface area contributed by atoms with Gasteiger partial charge in [-0.3, -0.25) is 8.98 Å². The molecule has 0 aromatic heterocycles. The van der Waals surface area contributed by atoms with Gasteiger partial charge >= 0.3 is 0 Å². The van der Waals surface area contributed by atoms with Crippen molar-refractivity contribution in [3.05, 3.63) is 12.2 Å². The van der Waals surface area contributed by atoms with Gasteiger partial charge in [0.2, 0.25) is 10.4 Å². The Hall–Kier alpha value is -0.800. The molecule has 7 nitrogen and oxygen atoms in total. The van der Waals surface area contributed by atoms with Crippen LogP contribution in [0.1, 0.15) is 13.3 Å². The Morgan fingerprint density at radius 2 is 1.79 bits per heavy atom. The maximum atomic E-state index is 11.2. The van der Waals surface area contributed by atoms with E-state index in [1.807, 2.05) is 21.1 Å². The van der Waals surface area contributed by atoms with Gasteiger partial charge in [0.1, 0.15) is 6.10 Å². The second-order valence-corrected chi connectivity index (χ2v) is 6.19. The number of hydrogen-bond donors (Lipinski definition) is 1. The van der Waals surface area contributed by atoms with Crippen molar-refractivity contribution in [2.24, 2.45) is 0 Å². The number of quaternary nitrogens is 1. The van der Waals surface area contributed by atoms with E-state index in [4.69, 9.17) is 0 Å². The molecule has 0 aromatic rings. The highest BCUT2D eigenvalue weighted by Gasteiger charge is 2.18. The number of hydrogen-bond acceptors (Lipinski definition) is 6. The summed E-state index contributed by atoms with van der Waals surface area (Å²) in [6, 6.07) is 0. The number of aliphatic hydroxyl groups is 1. The Kier molecular flexibility index (Phi) is 9.06. The number of aliphatic hydroxyl groups excluding tert-OH is 1. The summed E-state index contributed by atoms with van der Waals surface area (Å²) in [7, 11) is 2.47. The van der Waals surface area contributed by atoms with Crippen molar-refractivity contribution in [3.8, 4) is 0 Å². The van der Waals surface area contributed by atoms with Crippen molar-refractivity contribution < 1.29 is 31.5 Å². The number of carbonyl (C=O) groups is 1. The highest BCUT2D eigenvalue weighted by atomic mass is 32.3. The van der Waals surface area contributed by atoms with Gasteiger partial charge in [-0.25, -0.2) is 8.42 Å². The Labute approximate surface area is 115 Å². The summed E-state index contributed by atoms with van der Waals surface area (Å²) < 4.78 is 31.8. The summed E-state index contributed by atoms with van der Waals surface area (Å²) in [5, 5.41) is 9.43. The standard InChI is InChI=1S/C10H20NO2.CH4O4S/c1-8(2)10(13)9(12)6-7-11(3,4)5;1-5-6(2,3)4/h9,12H,1,6-7H2,2-5H3;1H3,(H,2,3,4)/q+1;/p-1. The van der Waals surface area contributed by atoms with E-state index in [0.29, 0.717) is 12.0 Å². The molecule has 1 unspecified atom stereocenters. The van der Waals surface area contributed by atoms with Gasteiger partial charge in [-0.05, 0) is 12.5 Å². The Morgan fingerprint density at radius 1 is 1.42 bits per heavy atom. The first-order valence-electron chi connectivity index (χ1n) is 5.50. The lowest BCUT2D eigenvalue weighted by Gasteiger charge is -2.24. The van der Waals surface area contributed by atoms with Crippen LogP contribution in [0, 0.1) is 0 Å². The Bertz CT molecular complexity index is 396. The van der Waals surface area contributed by atoms with Crippen LogP contribution in [0.3, 0.4) is 0 Å². The van der Waals surface area contributed by atoms with Crippen LogP contribution in [0.25, 0.3) is 0 Å². The topological polar surface area (TPSA) is 104 Å². The summed E-state index contributed by atoms with van der Waals surface area (Å²) in [4.78, 5) is 11.2. The lowest BCUT2D eigenvalue weighted by atomic mass is 10.1. The minimum absolute atomic E-state index is 0.242. The van der Waals surface area contributed by atoms with Crippen LogP contribution in [0.2, 0.25) is 0 Å². The average Bonchev–Trinajstić information content (AvgIpc) is 2.23. The molecular weight excluding hydrogens is 274 g/mol. The van der Waals surface area contributed by atoms with E-state index in [-0.39, 0.29) is 5.78 Å². The predicted octanol–water partition coefficient (Wildman–Crippen LogP) is -0.318. The van der Waals surface area contributed by atoms with Crippen LogP contribution in [0.5, 0.6) is 0 Å². The van der Waals surface area contributed by atoms with Gasteiger partial charge in [0.25, 0.3) is 0 Å². The van der Waals surface area contributed by atoms with Crippen molar-refractivity contribution in [1.29, 1.82) is 0 Å². The minimum atomic E-state index is -4.41. The second-order valence-electron chi connectivity index (χ2n) is 5.04. The number of rotatable bonds is 6. The van der Waals surface area contributed by atoms with E-state index in [9.17, 15) is 22.9 Å². The van der Waals surface area contributed by atoms with E-state index in [1.165, 1.54) is 0 Å². The zero-order chi connectivity index (χ0) is 15.9. The van der Waals surface area contributed by atoms with E-state index in [0.717, 1.165) is 18.1 Å². The number of Topliss-reactive ketones (excluding diaryl/α,β-unsaturated/α-hetero) is 1. The highest BCUT2D eigenvalue weighted by molar-refractivity contribution is 7.80. The van der Waals surface area contributed by atoms with E-state index in [2.05, 4.69) is 10.8 Å². The fraction of sp³-hybridized carbons (Fsp3) is 0.727. The van der Waals surface area contributed by atoms with E-state index in [1.54, 1.807) is 6.92 Å². The quantitative estimate of drug-likeness (QED) is 0.312. The third kappa shape index (κ3) is 15.1. The molecule has 0 aromatic carbocycles. The van der Waals surface area contributed by atoms with Crippen molar-refractivity contribution >= 4 is 16.2 Å². The van der Waals surface area contributed by atoms with Crippen LogP contribution in [-0.4, -0.2) is 69.2 Å². The van der Waals surface area contributed by atoms with Crippen molar-refractivity contribution in [3.63, 3.8) is 0 Å². The number of nitrogens with zero attached hydrogens (tertiary/aromatic N) is 1. The second kappa shape index (κ2) is 8.39. The number of ketones is 1. The molecule has 0 aliphatic rings. The normalized spacial score (nSPS) is 13.2. The molecule has 0 aliphatic heterocycles.